The van der Waals surface area contributed by atoms with Gasteiger partial charge in [0.25, 0.3) is 0 Å². The summed E-state index contributed by atoms with van der Waals surface area (Å²) in [6, 6.07) is 12.6. The zero-order valence-corrected chi connectivity index (χ0v) is 16.6. The Bertz CT molecular complexity index is 1100. The van der Waals surface area contributed by atoms with Crippen LogP contribution in [0.3, 0.4) is 0 Å². The highest BCUT2D eigenvalue weighted by Gasteiger charge is 2.36. The first-order valence-corrected chi connectivity index (χ1v) is 9.75. The number of aromatic nitrogens is 2. The van der Waals surface area contributed by atoms with Crippen LogP contribution >= 0.6 is 11.6 Å². The highest BCUT2D eigenvalue weighted by Crippen LogP contribution is 2.35. The summed E-state index contributed by atoms with van der Waals surface area (Å²) in [5.74, 6) is 1.04. The number of methoxy groups -OCH3 is 1. The molecule has 0 fully saturated rings. The minimum Gasteiger partial charge on any atom is -0.383 e. The molecule has 0 amide bonds. The fraction of sp³-hybridized carbons (Fsp3) is 0.300. The molecular weight excluding hydrogens is 395 g/mol. The molecule has 2 aliphatic heterocycles. The molecule has 9 heteroatoms. The first-order valence-electron chi connectivity index (χ1n) is 9.37. The van der Waals surface area contributed by atoms with E-state index in [2.05, 4.69) is 15.2 Å². The maximum Gasteiger partial charge on any atom is 0.216 e. The zero-order chi connectivity index (χ0) is 20.0. The van der Waals surface area contributed by atoms with E-state index in [-0.39, 0.29) is 5.82 Å². The second-order valence-corrected chi connectivity index (χ2v) is 7.50. The molecule has 3 aromatic rings. The van der Waals surface area contributed by atoms with Gasteiger partial charge in [-0.05, 0) is 24.3 Å². The molecule has 0 spiro atoms. The van der Waals surface area contributed by atoms with E-state index >= 15 is 0 Å². The van der Waals surface area contributed by atoms with Gasteiger partial charge in [-0.2, -0.15) is 0 Å². The van der Waals surface area contributed by atoms with Crippen LogP contribution < -0.4 is 10.2 Å². The van der Waals surface area contributed by atoms with E-state index in [4.69, 9.17) is 21.3 Å². The number of nitrogens with one attached hydrogen (secondary N) is 1. The van der Waals surface area contributed by atoms with Crippen LogP contribution in [-0.2, 0) is 4.74 Å². The largest absolute Gasteiger partial charge is 0.383 e. The second-order valence-electron chi connectivity index (χ2n) is 7.06. The van der Waals surface area contributed by atoms with Crippen molar-refractivity contribution >= 4 is 34.5 Å². The van der Waals surface area contributed by atoms with Gasteiger partial charge in [0.15, 0.2) is 0 Å². The van der Waals surface area contributed by atoms with Crippen molar-refractivity contribution in [2.24, 2.45) is 4.99 Å². The molecule has 1 aromatic heterocycles. The van der Waals surface area contributed by atoms with Crippen molar-refractivity contribution in [1.82, 2.24) is 19.8 Å². The number of ether oxygens (including phenoxy) is 1. The van der Waals surface area contributed by atoms with Gasteiger partial charge in [-0.15, -0.1) is 0 Å². The van der Waals surface area contributed by atoms with Crippen LogP contribution in [0.1, 0.15) is 11.7 Å². The number of benzene rings is 2. The van der Waals surface area contributed by atoms with E-state index in [1.54, 1.807) is 19.2 Å². The third kappa shape index (κ3) is 3.13. The molecule has 1 atom stereocenters. The van der Waals surface area contributed by atoms with Crippen molar-refractivity contribution in [3.8, 4) is 0 Å². The summed E-state index contributed by atoms with van der Waals surface area (Å²) in [5, 5.41) is 3.77. The standard InChI is InChI=1S/C20H20ClFN6O/c1-29-9-8-26-11-23-19-25-18(14-7-6-13(21)10-15(14)22)28-17-5-3-2-4-16(17)24-20(28)27(19)12-26/h2-7,10,18H,8-9,11-12H2,1H3,(H,23,25)/t18-/m1/s1. The normalized spacial score (nSPS) is 18.9. The molecule has 150 valence electrons. The summed E-state index contributed by atoms with van der Waals surface area (Å²) >= 11 is 5.97. The molecule has 0 unspecified atom stereocenters. The van der Waals surface area contributed by atoms with Gasteiger partial charge in [0.2, 0.25) is 11.9 Å². The van der Waals surface area contributed by atoms with Crippen LogP contribution in [0.25, 0.3) is 11.0 Å². The molecular formula is C20H20ClFN6O. The van der Waals surface area contributed by atoms with Crippen molar-refractivity contribution in [2.45, 2.75) is 6.17 Å². The average Bonchev–Trinajstić information content (AvgIpc) is 3.12. The number of rotatable bonds is 4. The van der Waals surface area contributed by atoms with E-state index in [9.17, 15) is 4.39 Å². The van der Waals surface area contributed by atoms with Gasteiger partial charge < -0.3 is 10.1 Å². The Balaban J connectivity index is 1.64. The van der Waals surface area contributed by atoms with Gasteiger partial charge >= 0.3 is 0 Å². The Morgan fingerprint density at radius 3 is 2.97 bits per heavy atom. The third-order valence-electron chi connectivity index (χ3n) is 5.23. The highest BCUT2D eigenvalue weighted by atomic mass is 35.5. The maximum atomic E-state index is 14.8. The number of para-hydroxylation sites is 2. The van der Waals surface area contributed by atoms with Gasteiger partial charge in [-0.3, -0.25) is 14.4 Å². The van der Waals surface area contributed by atoms with Gasteiger partial charge in [0.05, 0.1) is 31.0 Å². The molecule has 0 saturated carbocycles. The smallest absolute Gasteiger partial charge is 0.216 e. The molecule has 7 nitrogen and oxygen atoms in total. The van der Waals surface area contributed by atoms with Gasteiger partial charge in [0, 0.05) is 24.2 Å². The Labute approximate surface area is 172 Å². The molecule has 0 saturated heterocycles. The maximum absolute atomic E-state index is 14.8. The number of fused-ring (bicyclic) bond motifs is 5. The van der Waals surface area contributed by atoms with E-state index < -0.39 is 6.17 Å². The molecule has 1 N–H and O–H groups in total. The molecule has 5 rings (SSSR count). The lowest BCUT2D eigenvalue weighted by Gasteiger charge is -2.41. The molecule has 3 heterocycles. The predicted octanol–water partition coefficient (Wildman–Crippen LogP) is 3.02. The topological polar surface area (TPSA) is 57.9 Å². The third-order valence-corrected chi connectivity index (χ3v) is 5.46. The van der Waals surface area contributed by atoms with Crippen LogP contribution in [-0.4, -0.2) is 54.0 Å². The summed E-state index contributed by atoms with van der Waals surface area (Å²) < 4.78 is 22.0. The molecule has 29 heavy (non-hydrogen) atoms. The number of imidazole rings is 1. The molecule has 0 aliphatic carbocycles. The summed E-state index contributed by atoms with van der Waals surface area (Å²) in [6.07, 6.45) is -0.477. The molecule has 2 aliphatic rings. The van der Waals surface area contributed by atoms with E-state index in [0.29, 0.717) is 36.5 Å². The van der Waals surface area contributed by atoms with Crippen LogP contribution in [0.4, 0.5) is 10.3 Å². The van der Waals surface area contributed by atoms with Crippen LogP contribution in [0.5, 0.6) is 0 Å². The Kier molecular flexibility index (Phi) is 4.61. The number of aliphatic imine (C=N–C) groups is 1. The number of anilines is 1. The fourth-order valence-electron chi connectivity index (χ4n) is 3.81. The predicted molar refractivity (Wildman–Crippen MR) is 111 cm³/mol. The Morgan fingerprint density at radius 1 is 1.28 bits per heavy atom. The van der Waals surface area contributed by atoms with Crippen LogP contribution in [0.15, 0.2) is 47.5 Å². The fourth-order valence-corrected chi connectivity index (χ4v) is 3.97. The average molecular weight is 415 g/mol. The molecule has 2 aromatic carbocycles. The summed E-state index contributed by atoms with van der Waals surface area (Å²) in [7, 11) is 1.69. The SMILES string of the molecule is COCCN1CN=C2N[C@@H](c3ccc(Cl)cc3F)n3c(nc4ccccc43)N2C1. The van der Waals surface area contributed by atoms with E-state index in [1.165, 1.54) is 6.07 Å². The van der Waals surface area contributed by atoms with Crippen molar-refractivity contribution in [1.29, 1.82) is 0 Å². The van der Waals surface area contributed by atoms with Gasteiger partial charge in [0.1, 0.15) is 12.0 Å². The number of hydrogen-bond donors (Lipinski definition) is 1. The number of nitrogens with zero attached hydrogens (tertiary/aromatic N) is 5. The number of hydrogen-bond acceptors (Lipinski definition) is 6. The lowest BCUT2D eigenvalue weighted by molar-refractivity contribution is 0.147. The number of halogens is 2. The molecule has 0 bridgehead atoms. The monoisotopic (exact) mass is 414 g/mol. The molecule has 0 radical (unpaired) electrons. The Morgan fingerprint density at radius 2 is 2.14 bits per heavy atom. The first kappa shape index (κ1) is 18.4. The van der Waals surface area contributed by atoms with Crippen molar-refractivity contribution in [3.63, 3.8) is 0 Å². The lowest BCUT2D eigenvalue weighted by atomic mass is 10.1. The second kappa shape index (κ2) is 7.29. The van der Waals surface area contributed by atoms with Gasteiger partial charge in [-0.1, -0.05) is 29.8 Å². The quantitative estimate of drug-likeness (QED) is 0.711. The lowest BCUT2D eigenvalue weighted by Crippen LogP contribution is -2.57. The van der Waals surface area contributed by atoms with E-state index in [1.807, 2.05) is 33.7 Å². The van der Waals surface area contributed by atoms with Gasteiger partial charge in [-0.25, -0.2) is 14.4 Å². The summed E-state index contributed by atoms with van der Waals surface area (Å²) in [5.41, 5.74) is 2.25. The van der Waals surface area contributed by atoms with E-state index in [0.717, 1.165) is 23.5 Å². The zero-order valence-electron chi connectivity index (χ0n) is 15.8. The Hall–Kier alpha value is -2.68. The van der Waals surface area contributed by atoms with Crippen LogP contribution in [0, 0.1) is 5.82 Å². The van der Waals surface area contributed by atoms with Crippen LogP contribution in [0.2, 0.25) is 5.02 Å². The number of guanidine groups is 1. The minimum atomic E-state index is -0.477. The minimum absolute atomic E-state index is 0.364. The van der Waals surface area contributed by atoms with Crippen molar-refractivity contribution in [3.05, 3.63) is 58.9 Å². The first-order chi connectivity index (χ1) is 14.2. The highest BCUT2D eigenvalue weighted by molar-refractivity contribution is 6.30. The van der Waals surface area contributed by atoms with Crippen molar-refractivity contribution < 1.29 is 9.13 Å². The summed E-state index contributed by atoms with van der Waals surface area (Å²) in [4.78, 5) is 13.7. The summed E-state index contributed by atoms with van der Waals surface area (Å²) in [6.45, 7) is 2.55. The van der Waals surface area contributed by atoms with Crippen molar-refractivity contribution in [2.75, 3.05) is 38.5 Å².